The lowest BCUT2D eigenvalue weighted by molar-refractivity contribution is -0.121. The number of nitrogens with one attached hydrogen (secondary N) is 2. The molecular formula is C23H29N7O2. The number of piperidine rings is 1. The van der Waals surface area contributed by atoms with Crippen molar-refractivity contribution >= 4 is 35.0 Å². The zero-order valence-electron chi connectivity index (χ0n) is 18.1. The minimum Gasteiger partial charge on any atom is -0.365 e. The van der Waals surface area contributed by atoms with E-state index in [9.17, 15) is 9.59 Å². The van der Waals surface area contributed by atoms with Crippen molar-refractivity contribution in [3.63, 3.8) is 0 Å². The fraction of sp³-hybridized carbons (Fsp3) is 0.478. The van der Waals surface area contributed by atoms with Gasteiger partial charge in [0.1, 0.15) is 11.4 Å². The number of hydrogen-bond acceptors (Lipinski definition) is 7. The Balaban J connectivity index is 1.48. The van der Waals surface area contributed by atoms with Crippen LogP contribution in [0.15, 0.2) is 24.4 Å². The second-order valence-electron chi connectivity index (χ2n) is 9.13. The van der Waals surface area contributed by atoms with Crippen LogP contribution in [0.25, 0.3) is 0 Å². The van der Waals surface area contributed by atoms with Crippen LogP contribution in [-0.2, 0) is 10.2 Å². The molecule has 1 aromatic carbocycles. The van der Waals surface area contributed by atoms with Gasteiger partial charge in [0, 0.05) is 36.7 Å². The second-order valence-corrected chi connectivity index (χ2v) is 9.13. The summed E-state index contributed by atoms with van der Waals surface area (Å²) in [4.78, 5) is 35.9. The van der Waals surface area contributed by atoms with E-state index in [2.05, 4.69) is 20.6 Å². The highest BCUT2D eigenvalue weighted by Gasteiger charge is 2.47. The van der Waals surface area contributed by atoms with Gasteiger partial charge in [0.15, 0.2) is 0 Å². The van der Waals surface area contributed by atoms with Crippen LogP contribution >= 0.6 is 0 Å². The quantitative estimate of drug-likeness (QED) is 0.578. The average molecular weight is 436 g/mol. The molecule has 2 aliphatic heterocycles. The summed E-state index contributed by atoms with van der Waals surface area (Å²) < 4.78 is 0. The fourth-order valence-corrected chi connectivity index (χ4v) is 5.27. The smallest absolute Gasteiger partial charge is 0.254 e. The summed E-state index contributed by atoms with van der Waals surface area (Å²) in [5.41, 5.74) is 14.1. The van der Waals surface area contributed by atoms with Crippen LogP contribution in [0, 0.1) is 0 Å². The number of hydrogen-bond donors (Lipinski definition) is 4. The molecule has 32 heavy (non-hydrogen) atoms. The Bertz CT molecular complexity index is 1060. The summed E-state index contributed by atoms with van der Waals surface area (Å²) in [7, 11) is 0. The molecule has 168 valence electrons. The number of nitrogens with two attached hydrogens (primary N) is 2. The van der Waals surface area contributed by atoms with Crippen LogP contribution in [0.4, 0.5) is 23.1 Å². The van der Waals surface area contributed by atoms with E-state index in [1.165, 1.54) is 6.20 Å². The molecule has 1 aromatic heterocycles. The highest BCUT2D eigenvalue weighted by Crippen LogP contribution is 2.48. The summed E-state index contributed by atoms with van der Waals surface area (Å²) in [5.74, 6) is 0.370. The van der Waals surface area contributed by atoms with Crippen molar-refractivity contribution in [3.05, 3.63) is 35.5 Å². The zero-order valence-corrected chi connectivity index (χ0v) is 18.1. The number of aromatic nitrogens is 2. The number of carbonyl (C=O) groups excluding carboxylic acids is 2. The molecule has 3 aliphatic rings. The summed E-state index contributed by atoms with van der Waals surface area (Å²) in [6.07, 6.45) is 8.38. The molecule has 0 radical (unpaired) electrons. The Labute approximate surface area is 187 Å². The van der Waals surface area contributed by atoms with E-state index < -0.39 is 11.3 Å². The van der Waals surface area contributed by atoms with Gasteiger partial charge in [-0.15, -0.1) is 0 Å². The molecule has 2 aromatic rings. The van der Waals surface area contributed by atoms with E-state index >= 15 is 0 Å². The number of rotatable bonds is 4. The first-order chi connectivity index (χ1) is 15.5. The Morgan fingerprint density at radius 3 is 2.78 bits per heavy atom. The first-order valence-corrected chi connectivity index (χ1v) is 11.4. The lowest BCUT2D eigenvalue weighted by Gasteiger charge is -2.31. The predicted octanol–water partition coefficient (Wildman–Crippen LogP) is 2.40. The van der Waals surface area contributed by atoms with Gasteiger partial charge in [0.25, 0.3) is 5.91 Å². The van der Waals surface area contributed by atoms with E-state index in [-0.39, 0.29) is 17.5 Å². The second kappa shape index (κ2) is 8.05. The molecule has 1 saturated heterocycles. The number of benzene rings is 1. The average Bonchev–Trinajstić information content (AvgIpc) is 3.05. The van der Waals surface area contributed by atoms with Crippen LogP contribution in [0.5, 0.6) is 0 Å². The van der Waals surface area contributed by atoms with E-state index in [1.54, 1.807) is 0 Å². The summed E-state index contributed by atoms with van der Waals surface area (Å²) >= 11 is 0. The SMILES string of the molecule is NC(=O)c1cnc(N2CCC[C@H](N)C2)nc1Nc1ccc2c(c1)C1(CCCCC1)C(=O)N2. The van der Waals surface area contributed by atoms with Gasteiger partial charge < -0.3 is 27.0 Å². The third kappa shape index (κ3) is 3.56. The Morgan fingerprint density at radius 2 is 2.03 bits per heavy atom. The molecule has 9 nitrogen and oxygen atoms in total. The fourth-order valence-electron chi connectivity index (χ4n) is 5.27. The van der Waals surface area contributed by atoms with Gasteiger partial charge in [-0.05, 0) is 49.4 Å². The first-order valence-electron chi connectivity index (χ1n) is 11.4. The van der Waals surface area contributed by atoms with Crippen molar-refractivity contribution in [1.82, 2.24) is 9.97 Å². The van der Waals surface area contributed by atoms with Crippen molar-refractivity contribution in [2.75, 3.05) is 28.6 Å². The zero-order chi connectivity index (χ0) is 22.3. The van der Waals surface area contributed by atoms with Crippen LogP contribution in [0.3, 0.4) is 0 Å². The number of anilines is 4. The van der Waals surface area contributed by atoms with E-state index in [1.807, 2.05) is 23.1 Å². The lowest BCUT2D eigenvalue weighted by atomic mass is 9.70. The monoisotopic (exact) mass is 435 g/mol. The van der Waals surface area contributed by atoms with E-state index in [4.69, 9.17) is 11.5 Å². The van der Waals surface area contributed by atoms with Crippen molar-refractivity contribution in [2.24, 2.45) is 11.5 Å². The van der Waals surface area contributed by atoms with Gasteiger partial charge in [-0.3, -0.25) is 9.59 Å². The van der Waals surface area contributed by atoms with Gasteiger partial charge in [-0.2, -0.15) is 4.98 Å². The third-order valence-electron chi connectivity index (χ3n) is 6.97. The number of carbonyl (C=O) groups is 2. The molecule has 0 bridgehead atoms. The first kappa shape index (κ1) is 20.7. The maximum absolute atomic E-state index is 12.8. The summed E-state index contributed by atoms with van der Waals surface area (Å²) in [6, 6.07) is 5.87. The third-order valence-corrected chi connectivity index (χ3v) is 6.97. The number of primary amides is 1. The molecule has 1 saturated carbocycles. The predicted molar refractivity (Wildman–Crippen MR) is 123 cm³/mol. The molecule has 6 N–H and O–H groups in total. The summed E-state index contributed by atoms with van der Waals surface area (Å²) in [6.45, 7) is 1.49. The highest BCUT2D eigenvalue weighted by atomic mass is 16.2. The molecule has 2 fully saturated rings. The van der Waals surface area contributed by atoms with E-state index in [0.29, 0.717) is 18.3 Å². The molecule has 9 heteroatoms. The molecular weight excluding hydrogens is 406 g/mol. The number of nitrogens with zero attached hydrogens (tertiary/aromatic N) is 3. The van der Waals surface area contributed by atoms with Gasteiger partial charge in [-0.1, -0.05) is 19.3 Å². The highest BCUT2D eigenvalue weighted by molar-refractivity contribution is 6.07. The molecule has 1 aliphatic carbocycles. The summed E-state index contributed by atoms with van der Waals surface area (Å²) in [5, 5.41) is 6.31. The molecule has 1 spiro atoms. The number of fused-ring (bicyclic) bond motifs is 2. The van der Waals surface area contributed by atoms with Gasteiger partial charge in [0.2, 0.25) is 11.9 Å². The van der Waals surface area contributed by atoms with Crippen molar-refractivity contribution in [1.29, 1.82) is 0 Å². The molecule has 2 amide bonds. The van der Waals surface area contributed by atoms with Crippen LogP contribution < -0.4 is 27.0 Å². The van der Waals surface area contributed by atoms with Crippen molar-refractivity contribution in [2.45, 2.75) is 56.4 Å². The maximum Gasteiger partial charge on any atom is 0.254 e. The Hall–Kier alpha value is -3.20. The van der Waals surface area contributed by atoms with Crippen LogP contribution in [0.1, 0.15) is 60.9 Å². The minimum absolute atomic E-state index is 0.0769. The van der Waals surface area contributed by atoms with Crippen molar-refractivity contribution < 1.29 is 9.59 Å². The van der Waals surface area contributed by atoms with Gasteiger partial charge in [-0.25, -0.2) is 4.98 Å². The maximum atomic E-state index is 12.8. The normalized spacial score (nSPS) is 21.8. The van der Waals surface area contributed by atoms with E-state index in [0.717, 1.165) is 68.4 Å². The molecule has 0 unspecified atom stereocenters. The van der Waals surface area contributed by atoms with Gasteiger partial charge in [0.05, 0.1) is 5.41 Å². The lowest BCUT2D eigenvalue weighted by Crippen LogP contribution is -2.43. The molecule has 3 heterocycles. The minimum atomic E-state index is -0.601. The van der Waals surface area contributed by atoms with Crippen LogP contribution in [0.2, 0.25) is 0 Å². The topological polar surface area (TPSA) is 139 Å². The Morgan fingerprint density at radius 1 is 1.22 bits per heavy atom. The van der Waals surface area contributed by atoms with Crippen LogP contribution in [-0.4, -0.2) is 40.9 Å². The van der Waals surface area contributed by atoms with Crippen molar-refractivity contribution in [3.8, 4) is 0 Å². The van der Waals surface area contributed by atoms with Gasteiger partial charge >= 0.3 is 0 Å². The Kier molecular flexibility index (Phi) is 5.21. The standard InChI is InChI=1S/C23H29N7O2/c24-14-5-4-10-30(13-14)22-26-12-16(19(25)31)20(29-22)27-15-6-7-18-17(11-15)23(21(32)28-18)8-2-1-3-9-23/h6-7,11-12,14H,1-5,8-10,13,24H2,(H2,25,31)(H,28,32)(H,26,27,29)/t14-/m0/s1. The molecule has 5 rings (SSSR count). The molecule has 1 atom stereocenters. The largest absolute Gasteiger partial charge is 0.365 e. The number of amides is 2.